The number of carbonyl (C=O) groups excluding carboxylic acids is 1. The van der Waals surface area contributed by atoms with E-state index in [1.165, 1.54) is 0 Å². The van der Waals surface area contributed by atoms with E-state index in [1.807, 2.05) is 24.3 Å². The molecule has 0 saturated carbocycles. The lowest BCUT2D eigenvalue weighted by molar-refractivity contribution is 0.0978. The van der Waals surface area contributed by atoms with Crippen molar-refractivity contribution in [2.45, 2.75) is 5.92 Å². The normalized spacial score (nSPS) is 11.6. The molecule has 0 aliphatic rings. The number of ketones is 1. The van der Waals surface area contributed by atoms with E-state index >= 15 is 0 Å². The first-order chi connectivity index (χ1) is 9.13. The molecule has 0 aliphatic carbocycles. The maximum atomic E-state index is 12.4. The van der Waals surface area contributed by atoms with Gasteiger partial charge in [0.2, 0.25) is 0 Å². The van der Waals surface area contributed by atoms with Crippen molar-refractivity contribution in [1.82, 2.24) is 0 Å². The molecule has 0 aliphatic heterocycles. The molecular weight excluding hydrogens is 370 g/mol. The SMILES string of the molecule is N#CC(C(=O)c1cccc(Br)c1)c1ccccc1Br. The number of nitrogens with zero attached hydrogens (tertiary/aromatic N) is 1. The van der Waals surface area contributed by atoms with Gasteiger partial charge < -0.3 is 0 Å². The molecule has 19 heavy (non-hydrogen) atoms. The van der Waals surface area contributed by atoms with Crippen molar-refractivity contribution in [2.75, 3.05) is 0 Å². The summed E-state index contributed by atoms with van der Waals surface area (Å²) in [5.41, 5.74) is 1.21. The zero-order valence-electron chi connectivity index (χ0n) is 9.81. The Morgan fingerprint density at radius 2 is 1.84 bits per heavy atom. The maximum Gasteiger partial charge on any atom is 0.184 e. The lowest BCUT2D eigenvalue weighted by Gasteiger charge is -2.10. The smallest absolute Gasteiger partial charge is 0.184 e. The molecule has 0 saturated heterocycles. The highest BCUT2D eigenvalue weighted by atomic mass is 79.9. The number of hydrogen-bond acceptors (Lipinski definition) is 2. The molecule has 1 atom stereocenters. The Bertz CT molecular complexity index is 661. The van der Waals surface area contributed by atoms with Gasteiger partial charge in [0.15, 0.2) is 5.78 Å². The van der Waals surface area contributed by atoms with Crippen molar-refractivity contribution in [3.8, 4) is 6.07 Å². The van der Waals surface area contributed by atoms with E-state index < -0.39 is 5.92 Å². The van der Waals surface area contributed by atoms with E-state index in [2.05, 4.69) is 37.9 Å². The molecule has 0 heterocycles. The van der Waals surface area contributed by atoms with E-state index in [0.29, 0.717) is 11.1 Å². The average molecular weight is 379 g/mol. The molecule has 0 bridgehead atoms. The first-order valence-corrected chi connectivity index (χ1v) is 7.16. The second-order valence-electron chi connectivity index (χ2n) is 3.96. The van der Waals surface area contributed by atoms with E-state index in [0.717, 1.165) is 8.95 Å². The van der Waals surface area contributed by atoms with Crippen LogP contribution >= 0.6 is 31.9 Å². The van der Waals surface area contributed by atoms with Crippen LogP contribution in [0.1, 0.15) is 21.8 Å². The molecular formula is C15H9Br2NO. The van der Waals surface area contributed by atoms with Gasteiger partial charge in [-0.1, -0.05) is 62.2 Å². The summed E-state index contributed by atoms with van der Waals surface area (Å²) in [6, 6.07) is 16.4. The van der Waals surface area contributed by atoms with Crippen LogP contribution < -0.4 is 0 Å². The summed E-state index contributed by atoms with van der Waals surface area (Å²) < 4.78 is 1.59. The third-order valence-electron chi connectivity index (χ3n) is 2.72. The molecule has 0 spiro atoms. The van der Waals surface area contributed by atoms with E-state index in [-0.39, 0.29) is 5.78 Å². The van der Waals surface area contributed by atoms with Gasteiger partial charge in [0.05, 0.1) is 6.07 Å². The van der Waals surface area contributed by atoms with Crippen molar-refractivity contribution in [1.29, 1.82) is 5.26 Å². The summed E-state index contributed by atoms with van der Waals surface area (Å²) in [4.78, 5) is 12.4. The predicted octanol–water partition coefficient (Wildman–Crippen LogP) is 4.70. The van der Waals surface area contributed by atoms with Crippen LogP contribution in [0, 0.1) is 11.3 Å². The highest BCUT2D eigenvalue weighted by Crippen LogP contribution is 2.28. The Kier molecular flexibility index (Phi) is 4.52. The summed E-state index contributed by atoms with van der Waals surface area (Å²) in [5, 5.41) is 9.30. The first kappa shape index (κ1) is 14.0. The van der Waals surface area contributed by atoms with E-state index in [9.17, 15) is 10.1 Å². The number of halogens is 2. The summed E-state index contributed by atoms with van der Waals surface area (Å²) in [6.07, 6.45) is 0. The van der Waals surface area contributed by atoms with Gasteiger partial charge in [0.1, 0.15) is 5.92 Å². The number of benzene rings is 2. The number of rotatable bonds is 3. The Balaban J connectivity index is 2.42. The highest BCUT2D eigenvalue weighted by molar-refractivity contribution is 9.10. The van der Waals surface area contributed by atoms with E-state index in [4.69, 9.17) is 0 Å². The fourth-order valence-corrected chi connectivity index (χ4v) is 2.70. The van der Waals surface area contributed by atoms with Gasteiger partial charge in [0, 0.05) is 14.5 Å². The van der Waals surface area contributed by atoms with Crippen LogP contribution in [0.15, 0.2) is 57.5 Å². The van der Waals surface area contributed by atoms with Crippen molar-refractivity contribution >= 4 is 37.6 Å². The van der Waals surface area contributed by atoms with Gasteiger partial charge in [-0.15, -0.1) is 0 Å². The monoisotopic (exact) mass is 377 g/mol. The predicted molar refractivity (Wildman–Crippen MR) is 81.0 cm³/mol. The molecule has 0 N–H and O–H groups in total. The third-order valence-corrected chi connectivity index (χ3v) is 3.93. The summed E-state index contributed by atoms with van der Waals surface area (Å²) in [5.74, 6) is -0.999. The fourth-order valence-electron chi connectivity index (χ4n) is 1.79. The lowest BCUT2D eigenvalue weighted by Crippen LogP contribution is -2.11. The zero-order valence-corrected chi connectivity index (χ0v) is 13.0. The minimum Gasteiger partial charge on any atom is -0.292 e. The molecule has 0 amide bonds. The Morgan fingerprint density at radius 1 is 1.11 bits per heavy atom. The Hall–Kier alpha value is -1.44. The average Bonchev–Trinajstić information content (AvgIpc) is 2.41. The van der Waals surface area contributed by atoms with Gasteiger partial charge in [-0.05, 0) is 23.8 Å². The van der Waals surface area contributed by atoms with Crippen molar-refractivity contribution in [3.63, 3.8) is 0 Å². The number of carbonyl (C=O) groups is 1. The Labute approximate surface area is 128 Å². The third kappa shape index (κ3) is 3.12. The second kappa shape index (κ2) is 6.14. The largest absolute Gasteiger partial charge is 0.292 e. The van der Waals surface area contributed by atoms with Gasteiger partial charge in [0.25, 0.3) is 0 Å². The molecule has 0 aromatic heterocycles. The molecule has 2 rings (SSSR count). The summed E-state index contributed by atoms with van der Waals surface area (Å²) in [6.45, 7) is 0. The standard InChI is InChI=1S/C15H9Br2NO/c16-11-5-3-4-10(8-11)15(19)13(9-18)12-6-1-2-7-14(12)17/h1-8,13H. The number of nitriles is 1. The molecule has 0 radical (unpaired) electrons. The van der Waals surface area contributed by atoms with Crippen molar-refractivity contribution < 1.29 is 4.79 Å². The molecule has 1 unspecified atom stereocenters. The Morgan fingerprint density at radius 3 is 2.47 bits per heavy atom. The van der Waals surface area contributed by atoms with Crippen molar-refractivity contribution in [3.05, 3.63) is 68.6 Å². The molecule has 2 aromatic carbocycles. The minimum atomic E-state index is -0.801. The lowest BCUT2D eigenvalue weighted by atomic mass is 9.92. The van der Waals surface area contributed by atoms with Crippen LogP contribution in [0.25, 0.3) is 0 Å². The van der Waals surface area contributed by atoms with Crippen LogP contribution in [-0.4, -0.2) is 5.78 Å². The van der Waals surface area contributed by atoms with Crippen LogP contribution in [-0.2, 0) is 0 Å². The number of Topliss-reactive ketones (excluding diaryl/α,β-unsaturated/α-hetero) is 1. The number of hydrogen-bond donors (Lipinski definition) is 0. The first-order valence-electron chi connectivity index (χ1n) is 5.57. The van der Waals surface area contributed by atoms with Gasteiger partial charge in [-0.25, -0.2) is 0 Å². The molecule has 94 valence electrons. The molecule has 4 heteroatoms. The summed E-state index contributed by atoms with van der Waals surface area (Å²) in [7, 11) is 0. The molecule has 0 fully saturated rings. The van der Waals surface area contributed by atoms with Crippen LogP contribution in [0.5, 0.6) is 0 Å². The van der Waals surface area contributed by atoms with Crippen LogP contribution in [0.3, 0.4) is 0 Å². The fraction of sp³-hybridized carbons (Fsp3) is 0.0667. The topological polar surface area (TPSA) is 40.9 Å². The zero-order chi connectivity index (χ0) is 13.8. The van der Waals surface area contributed by atoms with Crippen LogP contribution in [0.2, 0.25) is 0 Å². The van der Waals surface area contributed by atoms with Gasteiger partial charge in [-0.3, -0.25) is 4.79 Å². The van der Waals surface area contributed by atoms with Gasteiger partial charge >= 0.3 is 0 Å². The highest BCUT2D eigenvalue weighted by Gasteiger charge is 2.23. The quantitative estimate of drug-likeness (QED) is 0.726. The maximum absolute atomic E-state index is 12.4. The molecule has 2 aromatic rings. The minimum absolute atomic E-state index is 0.198. The molecule has 2 nitrogen and oxygen atoms in total. The van der Waals surface area contributed by atoms with E-state index in [1.54, 1.807) is 24.3 Å². The second-order valence-corrected chi connectivity index (χ2v) is 5.73. The van der Waals surface area contributed by atoms with Gasteiger partial charge in [-0.2, -0.15) is 5.26 Å². The van der Waals surface area contributed by atoms with Crippen molar-refractivity contribution in [2.24, 2.45) is 0 Å². The summed E-state index contributed by atoms with van der Waals surface area (Å²) >= 11 is 6.71. The van der Waals surface area contributed by atoms with Crippen LogP contribution in [0.4, 0.5) is 0 Å².